The van der Waals surface area contributed by atoms with Gasteiger partial charge in [-0.05, 0) is 18.2 Å². The van der Waals surface area contributed by atoms with E-state index in [-0.39, 0.29) is 5.91 Å². The molecule has 0 aliphatic heterocycles. The van der Waals surface area contributed by atoms with Crippen LogP contribution < -0.4 is 0 Å². The molecule has 0 saturated carbocycles. The molecule has 0 bridgehead atoms. The Hall–Kier alpha value is -1.13. The third-order valence-corrected chi connectivity index (χ3v) is 3.16. The fraction of sp³-hybridized carbons (Fsp3) is 0.200. The lowest BCUT2D eigenvalue weighted by atomic mass is 10.2. The summed E-state index contributed by atoms with van der Waals surface area (Å²) in [5.74, 6) is -0.0268. The molecule has 0 aliphatic carbocycles. The molecule has 15 heavy (non-hydrogen) atoms. The van der Waals surface area contributed by atoms with E-state index in [1.165, 1.54) is 16.2 Å². The van der Waals surface area contributed by atoms with E-state index in [9.17, 15) is 4.79 Å². The van der Waals surface area contributed by atoms with E-state index in [4.69, 9.17) is 11.6 Å². The van der Waals surface area contributed by atoms with Crippen LogP contribution in [0.5, 0.6) is 0 Å². The van der Waals surface area contributed by atoms with E-state index in [2.05, 4.69) is 4.98 Å². The molecule has 78 valence electrons. The van der Waals surface area contributed by atoms with Crippen molar-refractivity contribution in [1.29, 1.82) is 0 Å². The van der Waals surface area contributed by atoms with Gasteiger partial charge >= 0.3 is 0 Å². The second-order valence-electron chi connectivity index (χ2n) is 3.35. The molecule has 1 amide bonds. The lowest BCUT2D eigenvalue weighted by Gasteiger charge is -2.09. The summed E-state index contributed by atoms with van der Waals surface area (Å²) in [6.45, 7) is 0. The number of amides is 1. The number of hydrogen-bond donors (Lipinski definition) is 0. The van der Waals surface area contributed by atoms with E-state index in [0.717, 1.165) is 10.2 Å². The number of carbonyl (C=O) groups excluding carboxylic acids is 1. The van der Waals surface area contributed by atoms with Gasteiger partial charge in [-0.2, -0.15) is 0 Å². The minimum atomic E-state index is -0.0268. The van der Waals surface area contributed by atoms with Crippen LogP contribution in [0.3, 0.4) is 0 Å². The highest BCUT2D eigenvalue weighted by molar-refractivity contribution is 7.22. The molecule has 2 rings (SSSR count). The summed E-state index contributed by atoms with van der Waals surface area (Å²) in [5.41, 5.74) is 1.41. The maximum atomic E-state index is 11.7. The Balaban J connectivity index is 2.51. The number of halogens is 1. The third-order valence-electron chi connectivity index (χ3n) is 2.01. The highest BCUT2D eigenvalue weighted by Crippen LogP contribution is 2.26. The first-order valence-electron chi connectivity index (χ1n) is 4.35. The molecule has 2 aromatic rings. The smallest absolute Gasteiger partial charge is 0.253 e. The molecule has 0 saturated heterocycles. The number of fused-ring (bicyclic) bond motifs is 1. The van der Waals surface area contributed by atoms with Crippen LogP contribution in [0.15, 0.2) is 18.2 Å². The Kier molecular flexibility index (Phi) is 2.63. The maximum Gasteiger partial charge on any atom is 0.253 e. The van der Waals surface area contributed by atoms with Gasteiger partial charge in [-0.15, -0.1) is 11.3 Å². The van der Waals surface area contributed by atoms with Crippen LogP contribution >= 0.6 is 22.9 Å². The number of benzene rings is 1. The predicted molar refractivity (Wildman–Crippen MR) is 62.6 cm³/mol. The van der Waals surface area contributed by atoms with Crippen LogP contribution in [-0.2, 0) is 0 Å². The Bertz CT molecular complexity index is 521. The van der Waals surface area contributed by atoms with E-state index >= 15 is 0 Å². The van der Waals surface area contributed by atoms with Gasteiger partial charge in [-0.1, -0.05) is 11.6 Å². The Morgan fingerprint density at radius 2 is 2.20 bits per heavy atom. The average Bonchev–Trinajstić information content (AvgIpc) is 2.55. The monoisotopic (exact) mass is 240 g/mol. The molecule has 0 aliphatic rings. The lowest BCUT2D eigenvalue weighted by molar-refractivity contribution is 0.0828. The molecule has 0 unspecified atom stereocenters. The van der Waals surface area contributed by atoms with Gasteiger partial charge in [-0.25, -0.2) is 4.98 Å². The van der Waals surface area contributed by atoms with Crippen molar-refractivity contribution < 1.29 is 4.79 Å². The first-order valence-corrected chi connectivity index (χ1v) is 5.55. The number of aromatic nitrogens is 1. The SMILES string of the molecule is CN(C)C(=O)c1ccc2sc(Cl)nc2c1. The van der Waals surface area contributed by atoms with Crippen molar-refractivity contribution >= 4 is 39.1 Å². The normalized spacial score (nSPS) is 10.6. The van der Waals surface area contributed by atoms with Gasteiger partial charge in [-0.3, -0.25) is 4.79 Å². The van der Waals surface area contributed by atoms with Gasteiger partial charge in [0.1, 0.15) is 0 Å². The summed E-state index contributed by atoms with van der Waals surface area (Å²) in [5, 5.41) is 0. The van der Waals surface area contributed by atoms with Crippen LogP contribution in [0.25, 0.3) is 10.2 Å². The van der Waals surface area contributed by atoms with Crippen molar-refractivity contribution in [2.24, 2.45) is 0 Å². The zero-order chi connectivity index (χ0) is 11.0. The van der Waals surface area contributed by atoms with Gasteiger partial charge in [0.25, 0.3) is 5.91 Å². The molecular weight excluding hydrogens is 232 g/mol. The molecule has 1 aromatic carbocycles. The number of rotatable bonds is 1. The van der Waals surface area contributed by atoms with Crippen molar-refractivity contribution in [2.45, 2.75) is 0 Å². The quantitative estimate of drug-likeness (QED) is 0.768. The summed E-state index contributed by atoms with van der Waals surface area (Å²) in [4.78, 5) is 17.3. The fourth-order valence-corrected chi connectivity index (χ4v) is 2.30. The topological polar surface area (TPSA) is 33.2 Å². The van der Waals surface area contributed by atoms with Crippen molar-refractivity contribution in [2.75, 3.05) is 14.1 Å². The second-order valence-corrected chi connectivity index (χ2v) is 4.96. The third kappa shape index (κ3) is 1.96. The molecule has 0 radical (unpaired) electrons. The van der Waals surface area contributed by atoms with Crippen molar-refractivity contribution in [3.63, 3.8) is 0 Å². The van der Waals surface area contributed by atoms with Crippen molar-refractivity contribution in [3.05, 3.63) is 28.2 Å². The fourth-order valence-electron chi connectivity index (χ4n) is 1.29. The summed E-state index contributed by atoms with van der Waals surface area (Å²) >= 11 is 7.20. The lowest BCUT2D eigenvalue weighted by Crippen LogP contribution is -2.21. The zero-order valence-corrected chi connectivity index (χ0v) is 9.89. The maximum absolute atomic E-state index is 11.7. The first-order chi connectivity index (χ1) is 7.08. The Morgan fingerprint density at radius 1 is 1.47 bits per heavy atom. The molecule has 0 atom stereocenters. The standard InChI is InChI=1S/C10H9ClN2OS/c1-13(2)9(14)6-3-4-8-7(5-6)12-10(11)15-8/h3-5H,1-2H3. The van der Waals surface area contributed by atoms with Crippen LogP contribution in [0.1, 0.15) is 10.4 Å². The highest BCUT2D eigenvalue weighted by atomic mass is 35.5. The number of nitrogens with zero attached hydrogens (tertiary/aromatic N) is 2. The van der Waals surface area contributed by atoms with Crippen LogP contribution in [-0.4, -0.2) is 29.9 Å². The van der Waals surface area contributed by atoms with E-state index < -0.39 is 0 Å². The van der Waals surface area contributed by atoms with E-state index in [1.807, 2.05) is 6.07 Å². The van der Waals surface area contributed by atoms with Gasteiger partial charge < -0.3 is 4.90 Å². The number of hydrogen-bond acceptors (Lipinski definition) is 3. The average molecular weight is 241 g/mol. The summed E-state index contributed by atoms with van der Waals surface area (Å²) in [6.07, 6.45) is 0. The van der Waals surface area contributed by atoms with E-state index in [1.54, 1.807) is 26.2 Å². The second kappa shape index (κ2) is 3.79. The molecule has 3 nitrogen and oxygen atoms in total. The largest absolute Gasteiger partial charge is 0.345 e. The molecule has 0 fully saturated rings. The van der Waals surface area contributed by atoms with Crippen LogP contribution in [0.4, 0.5) is 0 Å². The van der Waals surface area contributed by atoms with Crippen LogP contribution in [0.2, 0.25) is 4.47 Å². The molecule has 1 aromatic heterocycles. The highest BCUT2D eigenvalue weighted by Gasteiger charge is 2.10. The molecular formula is C10H9ClN2OS. The summed E-state index contributed by atoms with van der Waals surface area (Å²) in [6, 6.07) is 5.43. The van der Waals surface area contributed by atoms with Gasteiger partial charge in [0.15, 0.2) is 4.47 Å². The van der Waals surface area contributed by atoms with Crippen LogP contribution in [0, 0.1) is 0 Å². The summed E-state index contributed by atoms with van der Waals surface area (Å²) in [7, 11) is 3.45. The zero-order valence-electron chi connectivity index (χ0n) is 8.32. The number of thiazole rings is 1. The van der Waals surface area contributed by atoms with E-state index in [0.29, 0.717) is 10.0 Å². The van der Waals surface area contributed by atoms with Crippen molar-refractivity contribution in [1.82, 2.24) is 9.88 Å². The number of carbonyl (C=O) groups is 1. The Labute approximate surface area is 96.3 Å². The molecule has 0 N–H and O–H groups in total. The minimum Gasteiger partial charge on any atom is -0.345 e. The Morgan fingerprint density at radius 3 is 2.87 bits per heavy atom. The minimum absolute atomic E-state index is 0.0268. The molecule has 5 heteroatoms. The van der Waals surface area contributed by atoms with Gasteiger partial charge in [0.05, 0.1) is 10.2 Å². The van der Waals surface area contributed by atoms with Crippen molar-refractivity contribution in [3.8, 4) is 0 Å². The predicted octanol–water partition coefficient (Wildman–Crippen LogP) is 2.65. The summed E-state index contributed by atoms with van der Waals surface area (Å²) < 4.78 is 1.50. The van der Waals surface area contributed by atoms with Gasteiger partial charge in [0, 0.05) is 19.7 Å². The molecule has 1 heterocycles. The first kappa shape index (κ1) is 10.4. The van der Waals surface area contributed by atoms with Gasteiger partial charge in [0.2, 0.25) is 0 Å². The molecule has 0 spiro atoms.